The van der Waals surface area contributed by atoms with Crippen LogP contribution in [0, 0.1) is 6.92 Å². The summed E-state index contributed by atoms with van der Waals surface area (Å²) in [5.74, 6) is 0. The Labute approximate surface area is 92.0 Å². The fourth-order valence-corrected chi connectivity index (χ4v) is 1.67. The van der Waals surface area contributed by atoms with Gasteiger partial charge < -0.3 is 11.5 Å². The minimum absolute atomic E-state index is 0.512. The van der Waals surface area contributed by atoms with Crippen molar-refractivity contribution in [3.63, 3.8) is 0 Å². The first-order valence-electron chi connectivity index (χ1n) is 5.40. The summed E-state index contributed by atoms with van der Waals surface area (Å²) in [6, 6.07) is 6.52. The topological polar surface area (TPSA) is 52.0 Å². The molecule has 0 aliphatic rings. The van der Waals surface area contributed by atoms with E-state index < -0.39 is 0 Å². The normalized spacial score (nSPS) is 11.8. The van der Waals surface area contributed by atoms with Gasteiger partial charge in [0.25, 0.3) is 0 Å². The monoisotopic (exact) mass is 204 g/mol. The van der Waals surface area contributed by atoms with Crippen LogP contribution in [0.3, 0.4) is 0 Å². The molecule has 0 aliphatic carbocycles. The Kier molecular flexibility index (Phi) is 4.37. The molecule has 0 aliphatic heterocycles. The maximum absolute atomic E-state index is 5.83. The molecule has 1 aromatic carbocycles. The molecule has 0 atom stereocenters. The molecule has 0 bridgehead atoms. The minimum atomic E-state index is 0.512. The van der Waals surface area contributed by atoms with Crippen LogP contribution in [0.1, 0.15) is 23.6 Å². The second-order valence-corrected chi connectivity index (χ2v) is 3.81. The molecule has 0 radical (unpaired) electrons. The fourth-order valence-electron chi connectivity index (χ4n) is 1.67. The molecule has 15 heavy (non-hydrogen) atoms. The fraction of sp³-hybridized carbons (Fsp3) is 0.385. The van der Waals surface area contributed by atoms with Crippen LogP contribution in [0.4, 0.5) is 0 Å². The molecule has 82 valence electrons. The first-order valence-corrected chi connectivity index (χ1v) is 5.40. The Hall–Kier alpha value is -1.28. The molecule has 0 amide bonds. The molecule has 1 rings (SSSR count). The Balaban J connectivity index is 2.83. The van der Waals surface area contributed by atoms with Crippen molar-refractivity contribution in [2.24, 2.45) is 11.5 Å². The van der Waals surface area contributed by atoms with E-state index in [0.717, 1.165) is 18.5 Å². The Morgan fingerprint density at radius 2 is 2.13 bits per heavy atom. The molecular formula is C13H20N2. The summed E-state index contributed by atoms with van der Waals surface area (Å²) in [5, 5.41) is 0. The Morgan fingerprint density at radius 1 is 1.40 bits per heavy atom. The molecule has 0 saturated heterocycles. The zero-order chi connectivity index (χ0) is 11.3. The number of benzene rings is 1. The van der Waals surface area contributed by atoms with Gasteiger partial charge >= 0.3 is 0 Å². The SMILES string of the molecule is CCc1cc(C/C(N)=C/CN)ccc1C. The van der Waals surface area contributed by atoms with Crippen molar-refractivity contribution in [2.45, 2.75) is 26.7 Å². The van der Waals surface area contributed by atoms with Gasteiger partial charge in [-0.1, -0.05) is 31.2 Å². The average Bonchev–Trinajstić information content (AvgIpc) is 2.21. The van der Waals surface area contributed by atoms with Crippen molar-refractivity contribution < 1.29 is 0 Å². The quantitative estimate of drug-likeness (QED) is 0.787. The summed E-state index contributed by atoms with van der Waals surface area (Å²) in [7, 11) is 0. The van der Waals surface area contributed by atoms with Crippen molar-refractivity contribution in [1.82, 2.24) is 0 Å². The molecular weight excluding hydrogens is 184 g/mol. The second kappa shape index (κ2) is 5.56. The summed E-state index contributed by atoms with van der Waals surface area (Å²) in [4.78, 5) is 0. The number of nitrogens with two attached hydrogens (primary N) is 2. The highest BCUT2D eigenvalue weighted by Gasteiger charge is 1.99. The molecule has 0 spiro atoms. The highest BCUT2D eigenvalue weighted by Crippen LogP contribution is 2.13. The first kappa shape index (κ1) is 11.8. The van der Waals surface area contributed by atoms with Crippen LogP contribution in [0.15, 0.2) is 30.0 Å². The summed E-state index contributed by atoms with van der Waals surface area (Å²) in [6.45, 7) is 4.82. The van der Waals surface area contributed by atoms with Crippen LogP contribution in [-0.2, 0) is 12.8 Å². The zero-order valence-corrected chi connectivity index (χ0v) is 9.59. The highest BCUT2D eigenvalue weighted by atomic mass is 14.6. The third-order valence-corrected chi connectivity index (χ3v) is 2.58. The lowest BCUT2D eigenvalue weighted by molar-refractivity contribution is 1.04. The largest absolute Gasteiger partial charge is 0.402 e. The Bertz CT molecular complexity index is 354. The van der Waals surface area contributed by atoms with Gasteiger partial charge in [-0.25, -0.2) is 0 Å². The summed E-state index contributed by atoms with van der Waals surface area (Å²) >= 11 is 0. The average molecular weight is 204 g/mol. The molecule has 1 aromatic rings. The maximum Gasteiger partial charge on any atom is 0.0126 e. The van der Waals surface area contributed by atoms with Gasteiger partial charge in [0.2, 0.25) is 0 Å². The number of aryl methyl sites for hydroxylation is 2. The third kappa shape index (κ3) is 3.40. The highest BCUT2D eigenvalue weighted by molar-refractivity contribution is 5.33. The summed E-state index contributed by atoms with van der Waals surface area (Å²) in [6.07, 6.45) is 3.73. The van der Waals surface area contributed by atoms with Gasteiger partial charge in [0.15, 0.2) is 0 Å². The minimum Gasteiger partial charge on any atom is -0.402 e. The van der Waals surface area contributed by atoms with E-state index in [1.807, 2.05) is 6.08 Å². The van der Waals surface area contributed by atoms with Crippen molar-refractivity contribution in [3.8, 4) is 0 Å². The number of hydrogen-bond donors (Lipinski definition) is 2. The molecule has 0 fully saturated rings. The number of allylic oxidation sites excluding steroid dienone is 1. The smallest absolute Gasteiger partial charge is 0.0126 e. The van der Waals surface area contributed by atoms with Crippen LogP contribution in [0.25, 0.3) is 0 Å². The molecule has 0 saturated carbocycles. The lowest BCUT2D eigenvalue weighted by atomic mass is 10.0. The standard InChI is InChI=1S/C13H20N2/c1-3-12-8-11(5-4-10(12)2)9-13(15)6-7-14/h4-6,8H,3,7,9,14-15H2,1-2H3/b13-6-. The molecule has 0 heterocycles. The Morgan fingerprint density at radius 3 is 2.73 bits per heavy atom. The van der Waals surface area contributed by atoms with Crippen LogP contribution >= 0.6 is 0 Å². The van der Waals surface area contributed by atoms with E-state index in [4.69, 9.17) is 11.5 Å². The van der Waals surface area contributed by atoms with E-state index >= 15 is 0 Å². The van der Waals surface area contributed by atoms with Crippen LogP contribution in [0.2, 0.25) is 0 Å². The van der Waals surface area contributed by atoms with Gasteiger partial charge in [0, 0.05) is 18.7 Å². The molecule has 4 N–H and O–H groups in total. The van der Waals surface area contributed by atoms with Gasteiger partial charge in [0.1, 0.15) is 0 Å². The van der Waals surface area contributed by atoms with Crippen molar-refractivity contribution >= 4 is 0 Å². The van der Waals surface area contributed by atoms with Gasteiger partial charge in [-0.2, -0.15) is 0 Å². The van der Waals surface area contributed by atoms with E-state index in [0.29, 0.717) is 6.54 Å². The van der Waals surface area contributed by atoms with Crippen LogP contribution in [0.5, 0.6) is 0 Å². The second-order valence-electron chi connectivity index (χ2n) is 3.81. The van der Waals surface area contributed by atoms with E-state index in [-0.39, 0.29) is 0 Å². The molecule has 2 heteroatoms. The van der Waals surface area contributed by atoms with Crippen molar-refractivity contribution in [3.05, 3.63) is 46.7 Å². The lowest BCUT2D eigenvalue weighted by Gasteiger charge is -2.07. The van der Waals surface area contributed by atoms with Gasteiger partial charge in [-0.05, 0) is 30.0 Å². The lowest BCUT2D eigenvalue weighted by Crippen LogP contribution is -2.06. The van der Waals surface area contributed by atoms with Crippen LogP contribution < -0.4 is 11.5 Å². The van der Waals surface area contributed by atoms with E-state index in [2.05, 4.69) is 32.0 Å². The maximum atomic E-state index is 5.83. The van der Waals surface area contributed by atoms with E-state index in [1.54, 1.807) is 0 Å². The summed E-state index contributed by atoms with van der Waals surface area (Å²) < 4.78 is 0. The van der Waals surface area contributed by atoms with Gasteiger partial charge in [0.05, 0.1) is 0 Å². The summed E-state index contributed by atoms with van der Waals surface area (Å²) in [5.41, 5.74) is 16.1. The van der Waals surface area contributed by atoms with Crippen LogP contribution in [-0.4, -0.2) is 6.54 Å². The predicted octanol–water partition coefficient (Wildman–Crippen LogP) is 1.90. The van der Waals surface area contributed by atoms with Crippen molar-refractivity contribution in [2.75, 3.05) is 6.54 Å². The molecule has 0 unspecified atom stereocenters. The van der Waals surface area contributed by atoms with Crippen molar-refractivity contribution in [1.29, 1.82) is 0 Å². The first-order chi connectivity index (χ1) is 7.17. The number of rotatable bonds is 4. The van der Waals surface area contributed by atoms with Gasteiger partial charge in [-0.15, -0.1) is 0 Å². The molecule has 0 aromatic heterocycles. The predicted molar refractivity (Wildman–Crippen MR) is 65.6 cm³/mol. The zero-order valence-electron chi connectivity index (χ0n) is 9.59. The van der Waals surface area contributed by atoms with E-state index in [9.17, 15) is 0 Å². The molecule has 2 nitrogen and oxygen atoms in total. The third-order valence-electron chi connectivity index (χ3n) is 2.58. The van der Waals surface area contributed by atoms with E-state index in [1.165, 1.54) is 16.7 Å². The number of hydrogen-bond acceptors (Lipinski definition) is 2. The van der Waals surface area contributed by atoms with Gasteiger partial charge in [-0.3, -0.25) is 0 Å².